The highest BCUT2D eigenvalue weighted by atomic mass is 35.5. The number of halogens is 2. The van der Waals surface area contributed by atoms with Crippen molar-refractivity contribution in [1.82, 2.24) is 4.90 Å². The molecule has 0 bridgehead atoms. The second kappa shape index (κ2) is 8.19. The molecule has 0 radical (unpaired) electrons. The van der Waals surface area contributed by atoms with Gasteiger partial charge in [-0.05, 0) is 36.6 Å². The predicted octanol–water partition coefficient (Wildman–Crippen LogP) is 4.35. The number of rotatable bonds is 4. The standard InChI is InChI=1S/C19H17Cl2NO5S/c20-16-9-12(18(21)28-16)19(24)27-10-17(23)22-5-1-2-13(22)11-3-4-14-15(8-11)26-7-6-25-14/h3-4,8-9,13H,1-2,5-7,10H2. The molecule has 3 heterocycles. The summed E-state index contributed by atoms with van der Waals surface area (Å²) in [4.78, 5) is 26.6. The van der Waals surface area contributed by atoms with Gasteiger partial charge in [0.1, 0.15) is 17.6 Å². The van der Waals surface area contributed by atoms with E-state index >= 15 is 0 Å². The third-order valence-corrected chi connectivity index (χ3v) is 6.22. The van der Waals surface area contributed by atoms with Gasteiger partial charge in [0.2, 0.25) is 0 Å². The monoisotopic (exact) mass is 441 g/mol. The number of carbonyl (C=O) groups is 2. The van der Waals surface area contributed by atoms with E-state index < -0.39 is 5.97 Å². The molecule has 1 saturated heterocycles. The Morgan fingerprint density at radius 2 is 1.96 bits per heavy atom. The first kappa shape index (κ1) is 19.4. The molecule has 2 aliphatic heterocycles. The van der Waals surface area contributed by atoms with Gasteiger partial charge in [-0.2, -0.15) is 0 Å². The molecule has 1 amide bonds. The Labute approximate surface area is 175 Å². The molecule has 1 aromatic carbocycles. The molecule has 0 spiro atoms. The number of nitrogens with zero attached hydrogens (tertiary/aromatic N) is 1. The van der Waals surface area contributed by atoms with E-state index in [4.69, 9.17) is 37.4 Å². The average molecular weight is 442 g/mol. The van der Waals surface area contributed by atoms with E-state index in [-0.39, 0.29) is 28.5 Å². The number of hydrogen-bond acceptors (Lipinski definition) is 6. The molecule has 1 fully saturated rings. The van der Waals surface area contributed by atoms with Crippen molar-refractivity contribution in [3.8, 4) is 11.5 Å². The van der Waals surface area contributed by atoms with E-state index in [2.05, 4.69) is 0 Å². The van der Waals surface area contributed by atoms with Gasteiger partial charge in [0.25, 0.3) is 5.91 Å². The van der Waals surface area contributed by atoms with Crippen LogP contribution in [-0.2, 0) is 9.53 Å². The number of benzene rings is 1. The molecule has 2 aliphatic rings. The van der Waals surface area contributed by atoms with Crippen molar-refractivity contribution < 1.29 is 23.8 Å². The summed E-state index contributed by atoms with van der Waals surface area (Å²) in [6.07, 6.45) is 1.72. The van der Waals surface area contributed by atoms with E-state index in [1.165, 1.54) is 6.07 Å². The fourth-order valence-corrected chi connectivity index (χ4v) is 4.89. The lowest BCUT2D eigenvalue weighted by Gasteiger charge is -2.26. The van der Waals surface area contributed by atoms with E-state index in [1.807, 2.05) is 18.2 Å². The molecule has 0 aliphatic carbocycles. The SMILES string of the molecule is O=C(OCC(=O)N1CCCC1c1ccc2c(c1)OCCO2)c1cc(Cl)sc1Cl. The first-order valence-corrected chi connectivity index (χ1v) is 10.4. The normalized spacial score (nSPS) is 18.2. The molecule has 2 aromatic rings. The van der Waals surface area contributed by atoms with Gasteiger partial charge in [-0.25, -0.2) is 4.79 Å². The highest BCUT2D eigenvalue weighted by Crippen LogP contribution is 2.38. The molecule has 1 unspecified atom stereocenters. The van der Waals surface area contributed by atoms with Gasteiger partial charge in [-0.3, -0.25) is 4.79 Å². The Morgan fingerprint density at radius 1 is 1.18 bits per heavy atom. The van der Waals surface area contributed by atoms with Gasteiger partial charge in [0, 0.05) is 6.54 Å². The Morgan fingerprint density at radius 3 is 2.71 bits per heavy atom. The van der Waals surface area contributed by atoms with Crippen LogP contribution in [-0.4, -0.2) is 43.1 Å². The molecule has 4 rings (SSSR count). The number of ether oxygens (including phenoxy) is 3. The van der Waals surface area contributed by atoms with E-state index in [0.29, 0.717) is 35.6 Å². The Hall–Kier alpha value is -1.96. The van der Waals surface area contributed by atoms with Gasteiger partial charge < -0.3 is 19.1 Å². The van der Waals surface area contributed by atoms with Crippen LogP contribution in [0.3, 0.4) is 0 Å². The molecule has 0 saturated carbocycles. The predicted molar refractivity (Wildman–Crippen MR) is 106 cm³/mol. The number of likely N-dealkylation sites (tertiary alicyclic amines) is 1. The third-order valence-electron chi connectivity index (χ3n) is 4.73. The second-order valence-corrected chi connectivity index (χ2v) is 8.75. The number of hydrogen-bond donors (Lipinski definition) is 0. The summed E-state index contributed by atoms with van der Waals surface area (Å²) < 4.78 is 17.0. The Balaban J connectivity index is 1.42. The average Bonchev–Trinajstić information content (AvgIpc) is 3.31. The smallest absolute Gasteiger partial charge is 0.341 e. The van der Waals surface area contributed by atoms with Crippen LogP contribution >= 0.6 is 34.5 Å². The molecular formula is C19H17Cl2NO5S. The minimum atomic E-state index is -0.656. The van der Waals surface area contributed by atoms with Crippen molar-refractivity contribution >= 4 is 46.4 Å². The third kappa shape index (κ3) is 3.92. The van der Waals surface area contributed by atoms with Crippen LogP contribution in [0.25, 0.3) is 0 Å². The molecule has 0 N–H and O–H groups in total. The van der Waals surface area contributed by atoms with Gasteiger partial charge in [0.05, 0.1) is 15.9 Å². The summed E-state index contributed by atoms with van der Waals surface area (Å²) in [7, 11) is 0. The van der Waals surface area contributed by atoms with Crippen LogP contribution in [0.4, 0.5) is 0 Å². The van der Waals surface area contributed by atoms with Gasteiger partial charge in [-0.15, -0.1) is 11.3 Å². The van der Waals surface area contributed by atoms with Crippen LogP contribution < -0.4 is 9.47 Å². The highest BCUT2D eigenvalue weighted by Gasteiger charge is 2.31. The summed E-state index contributed by atoms with van der Waals surface area (Å²) in [6.45, 7) is 1.31. The lowest BCUT2D eigenvalue weighted by atomic mass is 10.0. The molecule has 1 atom stereocenters. The zero-order valence-corrected chi connectivity index (χ0v) is 17.1. The van der Waals surface area contributed by atoms with Crippen LogP contribution in [0.1, 0.15) is 34.8 Å². The van der Waals surface area contributed by atoms with Crippen molar-refractivity contribution in [2.24, 2.45) is 0 Å². The molecule has 9 heteroatoms. The number of carbonyl (C=O) groups excluding carboxylic acids is 2. The summed E-state index contributed by atoms with van der Waals surface area (Å²) in [5.74, 6) is 0.504. The molecular weight excluding hydrogens is 425 g/mol. The largest absolute Gasteiger partial charge is 0.486 e. The van der Waals surface area contributed by atoms with E-state index in [0.717, 1.165) is 29.7 Å². The number of thiophene rings is 1. The van der Waals surface area contributed by atoms with Crippen LogP contribution in [0, 0.1) is 0 Å². The number of fused-ring (bicyclic) bond motifs is 1. The minimum Gasteiger partial charge on any atom is -0.486 e. The summed E-state index contributed by atoms with van der Waals surface area (Å²) in [6, 6.07) is 7.09. The zero-order valence-electron chi connectivity index (χ0n) is 14.8. The number of amides is 1. The first-order chi connectivity index (χ1) is 13.5. The lowest BCUT2D eigenvalue weighted by molar-refractivity contribution is -0.135. The van der Waals surface area contributed by atoms with Crippen molar-refractivity contribution in [1.29, 1.82) is 0 Å². The minimum absolute atomic E-state index is 0.0822. The van der Waals surface area contributed by atoms with Crippen LogP contribution in [0.2, 0.25) is 8.67 Å². The molecule has 148 valence electrons. The highest BCUT2D eigenvalue weighted by molar-refractivity contribution is 7.20. The molecule has 6 nitrogen and oxygen atoms in total. The van der Waals surface area contributed by atoms with Crippen molar-refractivity contribution in [3.63, 3.8) is 0 Å². The fraction of sp³-hybridized carbons (Fsp3) is 0.368. The van der Waals surface area contributed by atoms with Crippen molar-refractivity contribution in [3.05, 3.63) is 44.1 Å². The Kier molecular flexibility index (Phi) is 5.66. The van der Waals surface area contributed by atoms with Crippen molar-refractivity contribution in [2.75, 3.05) is 26.4 Å². The van der Waals surface area contributed by atoms with E-state index in [9.17, 15) is 9.59 Å². The zero-order chi connectivity index (χ0) is 19.7. The molecule has 1 aromatic heterocycles. The summed E-state index contributed by atoms with van der Waals surface area (Å²) in [5, 5.41) is 0. The first-order valence-electron chi connectivity index (χ1n) is 8.84. The van der Waals surface area contributed by atoms with Gasteiger partial charge in [-0.1, -0.05) is 29.3 Å². The van der Waals surface area contributed by atoms with E-state index in [1.54, 1.807) is 4.90 Å². The lowest BCUT2D eigenvalue weighted by Crippen LogP contribution is -2.34. The number of esters is 1. The quantitative estimate of drug-likeness (QED) is 0.659. The summed E-state index contributed by atoms with van der Waals surface area (Å²) >= 11 is 12.9. The van der Waals surface area contributed by atoms with Gasteiger partial charge >= 0.3 is 5.97 Å². The maximum absolute atomic E-state index is 12.7. The maximum Gasteiger partial charge on any atom is 0.341 e. The Bertz CT molecular complexity index is 916. The second-order valence-electron chi connectivity index (χ2n) is 6.46. The molecule has 28 heavy (non-hydrogen) atoms. The maximum atomic E-state index is 12.7. The van der Waals surface area contributed by atoms with Crippen molar-refractivity contribution in [2.45, 2.75) is 18.9 Å². The fourth-order valence-electron chi connectivity index (χ4n) is 3.45. The van der Waals surface area contributed by atoms with Crippen LogP contribution in [0.5, 0.6) is 11.5 Å². The van der Waals surface area contributed by atoms with Gasteiger partial charge in [0.15, 0.2) is 18.1 Å². The van der Waals surface area contributed by atoms with Crippen LogP contribution in [0.15, 0.2) is 24.3 Å². The topological polar surface area (TPSA) is 65.1 Å². The summed E-state index contributed by atoms with van der Waals surface area (Å²) in [5.41, 5.74) is 1.16.